The van der Waals surface area contributed by atoms with Gasteiger partial charge in [-0.3, -0.25) is 4.68 Å². The zero-order valence-corrected chi connectivity index (χ0v) is 12.6. The first kappa shape index (κ1) is 12.8. The third-order valence-electron chi connectivity index (χ3n) is 2.97. The lowest BCUT2D eigenvalue weighted by Crippen LogP contribution is -2.15. The van der Waals surface area contributed by atoms with Gasteiger partial charge in [0.15, 0.2) is 0 Å². The van der Waals surface area contributed by atoms with Gasteiger partial charge in [-0.2, -0.15) is 16.4 Å². The summed E-state index contributed by atoms with van der Waals surface area (Å²) in [7, 11) is 1.96. The van der Waals surface area contributed by atoms with Crippen molar-refractivity contribution in [1.82, 2.24) is 9.78 Å². The van der Waals surface area contributed by atoms with Gasteiger partial charge in [0, 0.05) is 19.5 Å². The Bertz CT molecular complexity index is 530. The molecule has 1 unspecified atom stereocenters. The molecule has 2 aromatic heterocycles. The number of nitrogens with zero attached hydrogens (tertiary/aromatic N) is 2. The van der Waals surface area contributed by atoms with Crippen LogP contribution in [0.4, 0.5) is 0 Å². The maximum Gasteiger partial charge on any atom is 0.0738 e. The van der Waals surface area contributed by atoms with E-state index < -0.39 is 0 Å². The summed E-state index contributed by atoms with van der Waals surface area (Å²) in [6.07, 6.45) is 0.801. The van der Waals surface area contributed by atoms with Gasteiger partial charge in [0.05, 0.1) is 15.9 Å². The molecule has 0 aromatic carbocycles. The summed E-state index contributed by atoms with van der Waals surface area (Å²) >= 11 is 5.28. The van der Waals surface area contributed by atoms with Crippen LogP contribution >= 0.6 is 27.3 Å². The van der Waals surface area contributed by atoms with E-state index in [1.165, 1.54) is 11.1 Å². The molecule has 3 nitrogen and oxygen atoms in total. The van der Waals surface area contributed by atoms with Crippen LogP contribution in [0.25, 0.3) is 0 Å². The smallest absolute Gasteiger partial charge is 0.0738 e. The second kappa shape index (κ2) is 4.92. The highest BCUT2D eigenvalue weighted by Gasteiger charge is 2.16. The monoisotopic (exact) mass is 313 g/mol. The predicted octanol–water partition coefficient (Wildman–Crippen LogP) is 3.10. The zero-order chi connectivity index (χ0) is 12.6. The molecule has 0 saturated heterocycles. The summed E-state index contributed by atoms with van der Waals surface area (Å²) in [5, 5.41) is 8.66. The van der Waals surface area contributed by atoms with Crippen LogP contribution in [0.2, 0.25) is 0 Å². The van der Waals surface area contributed by atoms with Gasteiger partial charge in [0.2, 0.25) is 0 Å². The first-order chi connectivity index (χ1) is 8.00. The molecule has 0 fully saturated rings. The number of rotatable bonds is 3. The van der Waals surface area contributed by atoms with Crippen molar-refractivity contribution in [2.45, 2.75) is 26.3 Å². The fourth-order valence-electron chi connectivity index (χ4n) is 1.97. The van der Waals surface area contributed by atoms with Crippen molar-refractivity contribution in [2.75, 3.05) is 0 Å². The van der Waals surface area contributed by atoms with Crippen molar-refractivity contribution in [3.05, 3.63) is 37.7 Å². The van der Waals surface area contributed by atoms with Gasteiger partial charge in [-0.25, -0.2) is 0 Å². The number of aryl methyl sites for hydroxylation is 3. The van der Waals surface area contributed by atoms with Crippen LogP contribution in [0.3, 0.4) is 0 Å². The summed E-state index contributed by atoms with van der Waals surface area (Å²) in [6, 6.07) is 0.0346. The van der Waals surface area contributed by atoms with Gasteiger partial charge in [-0.05, 0) is 51.7 Å². The van der Waals surface area contributed by atoms with Crippen molar-refractivity contribution < 1.29 is 0 Å². The molecule has 2 rings (SSSR count). The fraction of sp³-hybridized carbons (Fsp3) is 0.417. The molecule has 0 radical (unpaired) electrons. The molecule has 0 bridgehead atoms. The Morgan fingerprint density at radius 1 is 1.47 bits per heavy atom. The topological polar surface area (TPSA) is 43.8 Å². The number of nitrogens with two attached hydrogens (primary N) is 1. The molecule has 0 aliphatic heterocycles. The molecule has 2 aromatic rings. The molecule has 0 amide bonds. The van der Waals surface area contributed by atoms with Crippen molar-refractivity contribution in [3.63, 3.8) is 0 Å². The molecule has 2 heterocycles. The van der Waals surface area contributed by atoms with Crippen molar-refractivity contribution >= 4 is 27.3 Å². The first-order valence-corrected chi connectivity index (χ1v) is 7.20. The Morgan fingerprint density at radius 2 is 2.18 bits per heavy atom. The molecule has 0 saturated carbocycles. The first-order valence-electron chi connectivity index (χ1n) is 5.47. The summed E-state index contributed by atoms with van der Waals surface area (Å²) in [6.45, 7) is 4.10. The summed E-state index contributed by atoms with van der Waals surface area (Å²) in [5.74, 6) is 0. The standard InChI is InChI=1S/C12H16BrN3S/c1-7-5-17-6-9(7)10(14)4-11-12(13)8(2)15-16(11)3/h5-6,10H,4,14H2,1-3H3. The summed E-state index contributed by atoms with van der Waals surface area (Å²) < 4.78 is 2.98. The third-order valence-corrected chi connectivity index (χ3v) is 4.88. The molecule has 5 heteroatoms. The number of thiophene rings is 1. The Balaban J connectivity index is 2.24. The maximum absolute atomic E-state index is 6.26. The van der Waals surface area contributed by atoms with Gasteiger partial charge in [-0.1, -0.05) is 0 Å². The quantitative estimate of drug-likeness (QED) is 0.946. The second-order valence-electron chi connectivity index (χ2n) is 4.29. The molecule has 92 valence electrons. The number of halogens is 1. The average molecular weight is 314 g/mol. The molecule has 17 heavy (non-hydrogen) atoms. The fourth-order valence-corrected chi connectivity index (χ4v) is 3.38. The highest BCUT2D eigenvalue weighted by Crippen LogP contribution is 2.27. The van der Waals surface area contributed by atoms with Crippen molar-refractivity contribution in [2.24, 2.45) is 12.8 Å². The number of hydrogen-bond donors (Lipinski definition) is 1. The third kappa shape index (κ3) is 2.46. The van der Waals surface area contributed by atoms with Gasteiger partial charge in [0.25, 0.3) is 0 Å². The van der Waals surface area contributed by atoms with Crippen LogP contribution in [0.1, 0.15) is 28.6 Å². The van der Waals surface area contributed by atoms with E-state index >= 15 is 0 Å². The van der Waals surface area contributed by atoms with E-state index in [1.807, 2.05) is 18.7 Å². The van der Waals surface area contributed by atoms with E-state index in [0.29, 0.717) is 0 Å². The van der Waals surface area contributed by atoms with E-state index in [1.54, 1.807) is 11.3 Å². The predicted molar refractivity (Wildman–Crippen MR) is 75.3 cm³/mol. The Labute approximate surface area is 114 Å². The normalized spacial score (nSPS) is 13.0. The van der Waals surface area contributed by atoms with E-state index in [0.717, 1.165) is 22.3 Å². The van der Waals surface area contributed by atoms with Crippen molar-refractivity contribution in [1.29, 1.82) is 0 Å². The molecular weight excluding hydrogens is 298 g/mol. The van der Waals surface area contributed by atoms with E-state index in [-0.39, 0.29) is 6.04 Å². The van der Waals surface area contributed by atoms with Crippen LogP contribution in [0.5, 0.6) is 0 Å². The van der Waals surface area contributed by atoms with Gasteiger partial charge in [0.1, 0.15) is 0 Å². The summed E-state index contributed by atoms with van der Waals surface area (Å²) in [4.78, 5) is 0. The molecular formula is C12H16BrN3S. The minimum atomic E-state index is 0.0346. The highest BCUT2D eigenvalue weighted by atomic mass is 79.9. The largest absolute Gasteiger partial charge is 0.324 e. The lowest BCUT2D eigenvalue weighted by Gasteiger charge is -2.12. The number of aromatic nitrogens is 2. The Morgan fingerprint density at radius 3 is 2.65 bits per heavy atom. The Kier molecular flexibility index (Phi) is 3.70. The summed E-state index contributed by atoms with van der Waals surface area (Å²) in [5.41, 5.74) is 10.9. The van der Waals surface area contributed by atoms with Gasteiger partial charge in [-0.15, -0.1) is 0 Å². The maximum atomic E-state index is 6.26. The zero-order valence-electron chi connectivity index (χ0n) is 10.2. The average Bonchev–Trinajstić information content (AvgIpc) is 2.78. The molecule has 2 N–H and O–H groups in total. The number of hydrogen-bond acceptors (Lipinski definition) is 3. The molecule has 0 spiro atoms. The van der Waals surface area contributed by atoms with Gasteiger partial charge >= 0.3 is 0 Å². The lowest BCUT2D eigenvalue weighted by atomic mass is 10.0. The van der Waals surface area contributed by atoms with E-state index in [4.69, 9.17) is 5.73 Å². The lowest BCUT2D eigenvalue weighted by molar-refractivity contribution is 0.637. The van der Waals surface area contributed by atoms with Crippen LogP contribution < -0.4 is 5.73 Å². The molecule has 1 atom stereocenters. The minimum Gasteiger partial charge on any atom is -0.324 e. The van der Waals surface area contributed by atoms with E-state index in [2.05, 4.69) is 38.7 Å². The SMILES string of the molecule is Cc1cscc1C(N)Cc1c(Br)c(C)nn1C. The van der Waals surface area contributed by atoms with Crippen LogP contribution in [-0.2, 0) is 13.5 Å². The molecule has 0 aliphatic carbocycles. The van der Waals surface area contributed by atoms with E-state index in [9.17, 15) is 0 Å². The van der Waals surface area contributed by atoms with Crippen molar-refractivity contribution in [3.8, 4) is 0 Å². The van der Waals surface area contributed by atoms with Crippen LogP contribution in [-0.4, -0.2) is 9.78 Å². The van der Waals surface area contributed by atoms with Crippen LogP contribution in [0, 0.1) is 13.8 Å². The second-order valence-corrected chi connectivity index (χ2v) is 5.83. The molecule has 0 aliphatic rings. The Hall–Kier alpha value is -0.650. The highest BCUT2D eigenvalue weighted by molar-refractivity contribution is 9.10. The van der Waals surface area contributed by atoms with Gasteiger partial charge < -0.3 is 5.73 Å². The minimum absolute atomic E-state index is 0.0346. The van der Waals surface area contributed by atoms with Crippen LogP contribution in [0.15, 0.2) is 15.2 Å².